The second kappa shape index (κ2) is 10.8. The third-order valence-electron chi connectivity index (χ3n) is 8.07. The molecule has 0 spiro atoms. The SMILES string of the molecule is CCOC(=O)CC(=O)Nc1cc(N(C)C)c2c(c1O)C(=O)C1=C(O)C3(O)C(=O)C(C(N)=O)=C(O)[C@@H](N(C)C)C3CC1C2. The fraction of sp³-hybridized carbons (Fsp3) is 0.464. The molecule has 7 N–H and O–H groups in total. The van der Waals surface area contributed by atoms with Gasteiger partial charge in [-0.3, -0.25) is 28.9 Å². The molecule has 226 valence electrons. The van der Waals surface area contributed by atoms with Crippen LogP contribution in [0.2, 0.25) is 0 Å². The van der Waals surface area contributed by atoms with Gasteiger partial charge in [0.15, 0.2) is 17.1 Å². The molecule has 4 rings (SSSR count). The Hall–Kier alpha value is -4.43. The third-order valence-corrected chi connectivity index (χ3v) is 8.07. The van der Waals surface area contributed by atoms with Crippen LogP contribution in [0.1, 0.15) is 35.7 Å². The van der Waals surface area contributed by atoms with Crippen LogP contribution in [0.5, 0.6) is 5.75 Å². The van der Waals surface area contributed by atoms with Crippen molar-refractivity contribution in [3.05, 3.63) is 39.9 Å². The Kier molecular flexibility index (Phi) is 7.82. The monoisotopic (exact) mass is 586 g/mol. The Morgan fingerprint density at radius 2 is 1.79 bits per heavy atom. The van der Waals surface area contributed by atoms with Crippen molar-refractivity contribution >= 4 is 40.7 Å². The Labute approximate surface area is 241 Å². The number of nitrogens with two attached hydrogens (primary N) is 1. The summed E-state index contributed by atoms with van der Waals surface area (Å²) < 4.78 is 4.77. The molecule has 0 bridgehead atoms. The highest BCUT2D eigenvalue weighted by Gasteiger charge is 2.63. The van der Waals surface area contributed by atoms with Gasteiger partial charge in [0.2, 0.25) is 11.7 Å². The summed E-state index contributed by atoms with van der Waals surface area (Å²) in [5, 5.41) is 47.6. The molecule has 2 amide bonds. The number of anilines is 2. The molecule has 0 heterocycles. The van der Waals surface area contributed by atoms with Gasteiger partial charge >= 0.3 is 5.97 Å². The number of carbonyl (C=O) groups excluding carboxylic acids is 5. The van der Waals surface area contributed by atoms with Crippen LogP contribution in [-0.2, 0) is 30.3 Å². The number of esters is 1. The van der Waals surface area contributed by atoms with Crippen molar-refractivity contribution in [1.82, 2.24) is 4.90 Å². The van der Waals surface area contributed by atoms with E-state index >= 15 is 0 Å². The van der Waals surface area contributed by atoms with Gasteiger partial charge in [-0.2, -0.15) is 0 Å². The number of likely N-dealkylation sites (N-methyl/N-ethyl adjacent to an activating group) is 1. The lowest BCUT2D eigenvalue weighted by Gasteiger charge is -2.50. The van der Waals surface area contributed by atoms with Crippen molar-refractivity contribution in [3.63, 3.8) is 0 Å². The number of aliphatic hydroxyl groups excluding tert-OH is 2. The zero-order chi connectivity index (χ0) is 31.4. The number of primary amides is 1. The quantitative estimate of drug-likeness (QED) is 0.108. The van der Waals surface area contributed by atoms with E-state index in [0.29, 0.717) is 11.3 Å². The van der Waals surface area contributed by atoms with E-state index in [-0.39, 0.29) is 36.3 Å². The molecular formula is C28H34N4O10. The summed E-state index contributed by atoms with van der Waals surface area (Å²) in [7, 11) is 6.46. The Morgan fingerprint density at radius 1 is 1.14 bits per heavy atom. The number of Topliss-reactive ketones (excluding diaryl/α,β-unsaturated/α-hetero) is 2. The van der Waals surface area contributed by atoms with E-state index < -0.39 is 82.1 Å². The molecule has 14 nitrogen and oxygen atoms in total. The Morgan fingerprint density at radius 3 is 2.33 bits per heavy atom. The van der Waals surface area contributed by atoms with Crippen molar-refractivity contribution in [2.45, 2.75) is 37.8 Å². The van der Waals surface area contributed by atoms with E-state index in [9.17, 15) is 44.4 Å². The van der Waals surface area contributed by atoms with Gasteiger partial charge in [-0.05, 0) is 51.4 Å². The van der Waals surface area contributed by atoms with Crippen LogP contribution in [0, 0.1) is 11.8 Å². The number of ketones is 2. The summed E-state index contributed by atoms with van der Waals surface area (Å²) in [6.07, 6.45) is -0.625. The lowest BCUT2D eigenvalue weighted by molar-refractivity contribution is -0.148. The summed E-state index contributed by atoms with van der Waals surface area (Å²) in [5.74, 6) is -9.33. The molecule has 4 atom stereocenters. The van der Waals surface area contributed by atoms with Crippen LogP contribution in [0.25, 0.3) is 0 Å². The minimum absolute atomic E-state index is 0.0581. The number of benzene rings is 1. The number of hydrogen-bond donors (Lipinski definition) is 6. The molecule has 0 saturated carbocycles. The Balaban J connectivity index is 1.88. The number of phenols is 1. The number of hydrogen-bond acceptors (Lipinski definition) is 12. The standard InChI is InChI=1S/C28H34N4O10/c1-6-42-17(34)10-16(33)30-14-9-15(31(2)3)12-7-11-8-13-21(32(4)5)24(37)20(27(29)40)26(39)28(13,41)25(38)18(11)23(36)19(12)22(14)35/h9,11,13,21,35,37-38,41H,6-8,10H2,1-5H3,(H2,29,40)(H,30,33)/t11?,13?,21-,28?/m0/s1. The minimum Gasteiger partial charge on any atom is -0.510 e. The number of ether oxygens (including phenoxy) is 1. The predicted octanol–water partition coefficient (Wildman–Crippen LogP) is 0.0783. The number of fused-ring (bicyclic) bond motifs is 3. The molecule has 0 radical (unpaired) electrons. The number of nitrogens with one attached hydrogen (secondary N) is 1. The van der Waals surface area contributed by atoms with E-state index in [1.165, 1.54) is 11.0 Å². The van der Waals surface area contributed by atoms with E-state index in [4.69, 9.17) is 10.5 Å². The van der Waals surface area contributed by atoms with Gasteiger partial charge in [-0.25, -0.2) is 0 Å². The van der Waals surface area contributed by atoms with Crippen LogP contribution < -0.4 is 16.0 Å². The van der Waals surface area contributed by atoms with Crippen molar-refractivity contribution in [2.24, 2.45) is 17.6 Å². The molecule has 3 aliphatic rings. The molecule has 3 unspecified atom stereocenters. The third kappa shape index (κ3) is 4.56. The summed E-state index contributed by atoms with van der Waals surface area (Å²) in [4.78, 5) is 66.9. The molecular weight excluding hydrogens is 552 g/mol. The number of amides is 2. The van der Waals surface area contributed by atoms with Crippen molar-refractivity contribution in [1.29, 1.82) is 0 Å². The van der Waals surface area contributed by atoms with Crippen molar-refractivity contribution < 1.29 is 49.1 Å². The molecule has 0 fully saturated rings. The summed E-state index contributed by atoms with van der Waals surface area (Å²) >= 11 is 0. The van der Waals surface area contributed by atoms with Gasteiger partial charge in [-0.1, -0.05) is 0 Å². The number of phenolic OH excluding ortho intramolecular Hbond substituents is 1. The zero-order valence-corrected chi connectivity index (χ0v) is 23.8. The first-order valence-corrected chi connectivity index (χ1v) is 13.2. The molecule has 0 aliphatic heterocycles. The number of nitrogens with zero attached hydrogens (tertiary/aromatic N) is 2. The lowest BCUT2D eigenvalue weighted by atomic mass is 9.58. The minimum atomic E-state index is -2.77. The van der Waals surface area contributed by atoms with Gasteiger partial charge in [0, 0.05) is 31.3 Å². The van der Waals surface area contributed by atoms with Gasteiger partial charge in [-0.15, -0.1) is 0 Å². The largest absolute Gasteiger partial charge is 0.510 e. The second-order valence-corrected chi connectivity index (χ2v) is 11.0. The molecule has 1 aromatic carbocycles. The predicted molar refractivity (Wildman–Crippen MR) is 148 cm³/mol. The molecule has 3 aliphatic carbocycles. The molecule has 0 saturated heterocycles. The van der Waals surface area contributed by atoms with Gasteiger partial charge in [0.25, 0.3) is 5.91 Å². The van der Waals surface area contributed by atoms with E-state index in [2.05, 4.69) is 5.32 Å². The molecule has 42 heavy (non-hydrogen) atoms. The van der Waals surface area contributed by atoms with Gasteiger partial charge in [0.1, 0.15) is 23.5 Å². The maximum absolute atomic E-state index is 14.0. The summed E-state index contributed by atoms with van der Waals surface area (Å²) in [6.45, 7) is 1.65. The topological polar surface area (TPSA) is 220 Å². The first-order valence-electron chi connectivity index (χ1n) is 13.2. The fourth-order valence-corrected chi connectivity index (χ4v) is 6.33. The number of rotatable bonds is 7. The lowest BCUT2D eigenvalue weighted by Crippen LogP contribution is -2.63. The Bertz CT molecular complexity index is 1480. The van der Waals surface area contributed by atoms with Crippen LogP contribution in [0.4, 0.5) is 11.4 Å². The smallest absolute Gasteiger partial charge is 0.315 e. The van der Waals surface area contributed by atoms with Crippen LogP contribution in [0.15, 0.2) is 28.7 Å². The summed E-state index contributed by atoms with van der Waals surface area (Å²) in [6, 6.07) is 0.340. The number of carbonyl (C=O) groups is 5. The fourth-order valence-electron chi connectivity index (χ4n) is 6.33. The average molecular weight is 587 g/mol. The van der Waals surface area contributed by atoms with Gasteiger partial charge in [0.05, 0.1) is 23.9 Å². The summed E-state index contributed by atoms with van der Waals surface area (Å²) in [5.41, 5.74) is 1.75. The molecule has 0 aromatic heterocycles. The van der Waals surface area contributed by atoms with Crippen LogP contribution in [0.3, 0.4) is 0 Å². The highest BCUT2D eigenvalue weighted by molar-refractivity contribution is 6.25. The zero-order valence-electron chi connectivity index (χ0n) is 23.8. The maximum atomic E-state index is 14.0. The second-order valence-electron chi connectivity index (χ2n) is 11.0. The molecule has 14 heteroatoms. The number of aliphatic hydroxyl groups is 3. The van der Waals surface area contributed by atoms with E-state index in [1.54, 1.807) is 40.0 Å². The number of aromatic hydroxyl groups is 1. The van der Waals surface area contributed by atoms with Crippen molar-refractivity contribution in [2.75, 3.05) is 45.0 Å². The van der Waals surface area contributed by atoms with Crippen LogP contribution >= 0.6 is 0 Å². The first-order chi connectivity index (χ1) is 19.6. The average Bonchev–Trinajstić information content (AvgIpc) is 2.87. The number of allylic oxidation sites excluding steroid dienone is 1. The molecule has 1 aromatic rings. The van der Waals surface area contributed by atoms with Gasteiger partial charge < -0.3 is 41.1 Å². The van der Waals surface area contributed by atoms with Crippen LogP contribution in [-0.4, -0.2) is 101 Å². The normalized spacial score (nSPS) is 25.1. The maximum Gasteiger partial charge on any atom is 0.315 e. The van der Waals surface area contributed by atoms with E-state index in [1.807, 2.05) is 0 Å². The highest BCUT2D eigenvalue weighted by Crippen LogP contribution is 2.53. The van der Waals surface area contributed by atoms with E-state index in [0.717, 1.165) is 0 Å². The highest BCUT2D eigenvalue weighted by atomic mass is 16.5. The first kappa shape index (κ1) is 30.5. The van der Waals surface area contributed by atoms with Crippen molar-refractivity contribution in [3.8, 4) is 5.75 Å².